The number of amides is 2. The number of likely N-dealkylation sites (tertiary alicyclic amines) is 1. The number of carbonyl (C=O) groups excluding carboxylic acids is 2. The van der Waals surface area contributed by atoms with Crippen molar-refractivity contribution in [3.63, 3.8) is 0 Å². The molecule has 0 atom stereocenters. The number of nitrogens with zero attached hydrogens (tertiary/aromatic N) is 1. The maximum Gasteiger partial charge on any atom is 0.410 e. The number of hydrogen-bond acceptors (Lipinski definition) is 5. The average Bonchev–Trinajstić information content (AvgIpc) is 2.46. The van der Waals surface area contributed by atoms with Gasteiger partial charge in [0.25, 0.3) is 0 Å². The first kappa shape index (κ1) is 19.7. The molecule has 7 heteroatoms. The molecule has 2 amide bonds. The van der Waals surface area contributed by atoms with Gasteiger partial charge in [-0.15, -0.1) is 0 Å². The van der Waals surface area contributed by atoms with Crippen molar-refractivity contribution < 1.29 is 19.1 Å². The Balaban J connectivity index is 2.14. The van der Waals surface area contributed by atoms with Gasteiger partial charge in [0, 0.05) is 26.7 Å². The highest BCUT2D eigenvalue weighted by molar-refractivity contribution is 5.77. The van der Waals surface area contributed by atoms with E-state index in [9.17, 15) is 9.59 Å². The largest absolute Gasteiger partial charge is 0.444 e. The van der Waals surface area contributed by atoms with Gasteiger partial charge in [0.05, 0.1) is 13.2 Å². The first-order chi connectivity index (χ1) is 10.8. The Morgan fingerprint density at radius 3 is 2.43 bits per heavy atom. The van der Waals surface area contributed by atoms with E-state index in [1.165, 1.54) is 0 Å². The summed E-state index contributed by atoms with van der Waals surface area (Å²) in [5, 5.41) is 5.95. The van der Waals surface area contributed by atoms with E-state index >= 15 is 0 Å². The maximum absolute atomic E-state index is 12.0. The fraction of sp³-hybridized carbons (Fsp3) is 0.875. The zero-order chi connectivity index (χ0) is 17.3. The van der Waals surface area contributed by atoms with E-state index < -0.39 is 5.60 Å². The molecule has 1 aliphatic heterocycles. The number of methoxy groups -OCH3 is 1. The van der Waals surface area contributed by atoms with Gasteiger partial charge in [-0.25, -0.2) is 4.79 Å². The predicted octanol–water partition coefficient (Wildman–Crippen LogP) is 0.986. The molecule has 0 aromatic rings. The highest BCUT2D eigenvalue weighted by Crippen LogP contribution is 2.19. The first-order valence-electron chi connectivity index (χ1n) is 8.26. The predicted molar refractivity (Wildman–Crippen MR) is 88.3 cm³/mol. The van der Waals surface area contributed by atoms with Crippen LogP contribution >= 0.6 is 0 Å². The van der Waals surface area contributed by atoms with Crippen LogP contribution in [0.2, 0.25) is 0 Å². The minimum absolute atomic E-state index is 0.0201. The van der Waals surface area contributed by atoms with Crippen LogP contribution in [0.1, 0.15) is 33.6 Å². The van der Waals surface area contributed by atoms with E-state index in [4.69, 9.17) is 9.47 Å². The van der Waals surface area contributed by atoms with E-state index in [1.54, 1.807) is 12.0 Å². The van der Waals surface area contributed by atoms with Gasteiger partial charge in [0.15, 0.2) is 0 Å². The van der Waals surface area contributed by atoms with Gasteiger partial charge in [-0.05, 0) is 46.1 Å². The second-order valence-electron chi connectivity index (χ2n) is 6.88. The van der Waals surface area contributed by atoms with Gasteiger partial charge in [-0.3, -0.25) is 4.79 Å². The molecule has 1 heterocycles. The quantitative estimate of drug-likeness (QED) is 0.681. The van der Waals surface area contributed by atoms with Crippen LogP contribution in [0.25, 0.3) is 0 Å². The SMILES string of the molecule is COCCNC(=O)CNCC1CCN(C(=O)OC(C)(C)C)CC1. The fourth-order valence-electron chi connectivity index (χ4n) is 2.39. The summed E-state index contributed by atoms with van der Waals surface area (Å²) in [6.07, 6.45) is 1.62. The number of ether oxygens (including phenoxy) is 2. The van der Waals surface area contributed by atoms with Crippen molar-refractivity contribution in [1.29, 1.82) is 0 Å². The van der Waals surface area contributed by atoms with Crippen LogP contribution < -0.4 is 10.6 Å². The summed E-state index contributed by atoms with van der Waals surface area (Å²) in [6.45, 7) is 9.20. The molecule has 0 aromatic carbocycles. The molecule has 2 N–H and O–H groups in total. The second-order valence-corrected chi connectivity index (χ2v) is 6.88. The Hall–Kier alpha value is -1.34. The van der Waals surface area contributed by atoms with Gasteiger partial charge in [0.2, 0.25) is 5.91 Å². The molecule has 0 aromatic heterocycles. The molecule has 134 valence electrons. The molecule has 23 heavy (non-hydrogen) atoms. The molecule has 1 rings (SSSR count). The van der Waals surface area contributed by atoms with Crippen LogP contribution in [0.5, 0.6) is 0 Å². The van der Waals surface area contributed by atoms with Crippen molar-refractivity contribution in [2.75, 3.05) is 46.4 Å². The van der Waals surface area contributed by atoms with E-state index in [0.29, 0.717) is 38.7 Å². The topological polar surface area (TPSA) is 79.9 Å². The second kappa shape index (κ2) is 9.72. The standard InChI is InChI=1S/C16H31N3O4/c1-16(2,3)23-15(21)19-8-5-13(6-9-19)11-17-12-14(20)18-7-10-22-4/h13,17H,5-12H2,1-4H3,(H,18,20). The lowest BCUT2D eigenvalue weighted by atomic mass is 9.97. The van der Waals surface area contributed by atoms with Crippen molar-refractivity contribution in [1.82, 2.24) is 15.5 Å². The zero-order valence-corrected chi connectivity index (χ0v) is 14.8. The zero-order valence-electron chi connectivity index (χ0n) is 14.8. The normalized spacial score (nSPS) is 16.3. The molecule has 1 aliphatic rings. The summed E-state index contributed by atoms with van der Waals surface area (Å²) in [7, 11) is 1.61. The molecule has 1 fully saturated rings. The first-order valence-corrected chi connectivity index (χ1v) is 8.26. The molecule has 0 bridgehead atoms. The Labute approximate surface area is 139 Å². The Kier molecular flexibility index (Phi) is 8.33. The van der Waals surface area contributed by atoms with Gasteiger partial charge in [0.1, 0.15) is 5.60 Å². The summed E-state index contributed by atoms with van der Waals surface area (Å²) in [5.74, 6) is 0.466. The third-order valence-corrected chi connectivity index (χ3v) is 3.61. The minimum atomic E-state index is -0.453. The van der Waals surface area contributed by atoms with E-state index in [2.05, 4.69) is 10.6 Å². The lowest BCUT2D eigenvalue weighted by molar-refractivity contribution is -0.120. The van der Waals surface area contributed by atoms with Crippen LogP contribution in [-0.4, -0.2) is 68.9 Å². The molecule has 0 saturated carbocycles. The van der Waals surface area contributed by atoms with Crippen molar-refractivity contribution in [2.45, 2.75) is 39.2 Å². The number of rotatable bonds is 7. The molecule has 1 saturated heterocycles. The minimum Gasteiger partial charge on any atom is -0.444 e. The molecule has 7 nitrogen and oxygen atoms in total. The van der Waals surface area contributed by atoms with Crippen molar-refractivity contribution >= 4 is 12.0 Å². The maximum atomic E-state index is 12.0. The summed E-state index contributed by atoms with van der Waals surface area (Å²) in [6, 6.07) is 0. The van der Waals surface area contributed by atoms with Gasteiger partial charge in [-0.1, -0.05) is 0 Å². The van der Waals surface area contributed by atoms with Crippen LogP contribution in [0, 0.1) is 5.92 Å². The van der Waals surface area contributed by atoms with Gasteiger partial charge in [-0.2, -0.15) is 0 Å². The fourth-order valence-corrected chi connectivity index (χ4v) is 2.39. The molecule has 0 aliphatic carbocycles. The molecule has 0 unspecified atom stereocenters. The van der Waals surface area contributed by atoms with Crippen molar-refractivity contribution in [3.05, 3.63) is 0 Å². The third kappa shape index (κ3) is 8.76. The Morgan fingerprint density at radius 1 is 1.22 bits per heavy atom. The lowest BCUT2D eigenvalue weighted by Crippen LogP contribution is -2.44. The highest BCUT2D eigenvalue weighted by Gasteiger charge is 2.26. The summed E-state index contributed by atoms with van der Waals surface area (Å²) < 4.78 is 10.3. The third-order valence-electron chi connectivity index (χ3n) is 3.61. The van der Waals surface area contributed by atoms with Gasteiger partial charge < -0.3 is 25.0 Å². The summed E-state index contributed by atoms with van der Waals surface area (Å²) >= 11 is 0. The smallest absolute Gasteiger partial charge is 0.410 e. The molecular weight excluding hydrogens is 298 g/mol. The average molecular weight is 329 g/mol. The Morgan fingerprint density at radius 2 is 1.87 bits per heavy atom. The molecule has 0 spiro atoms. The van der Waals surface area contributed by atoms with E-state index in [1.807, 2.05) is 20.8 Å². The number of carbonyl (C=O) groups is 2. The van der Waals surface area contributed by atoms with E-state index in [-0.39, 0.29) is 12.0 Å². The monoisotopic (exact) mass is 329 g/mol. The number of piperidine rings is 1. The van der Waals surface area contributed by atoms with Crippen LogP contribution in [0.4, 0.5) is 4.79 Å². The van der Waals surface area contributed by atoms with Crippen molar-refractivity contribution in [3.8, 4) is 0 Å². The number of hydrogen-bond donors (Lipinski definition) is 2. The van der Waals surface area contributed by atoms with Crippen molar-refractivity contribution in [2.24, 2.45) is 5.92 Å². The summed E-state index contributed by atoms with van der Waals surface area (Å²) in [4.78, 5) is 25.3. The highest BCUT2D eigenvalue weighted by atomic mass is 16.6. The molecular formula is C16H31N3O4. The Bertz CT molecular complexity index is 374. The summed E-state index contributed by atoms with van der Waals surface area (Å²) in [5.41, 5.74) is -0.453. The van der Waals surface area contributed by atoms with Gasteiger partial charge >= 0.3 is 6.09 Å². The van der Waals surface area contributed by atoms with Crippen LogP contribution in [-0.2, 0) is 14.3 Å². The van der Waals surface area contributed by atoms with Crippen LogP contribution in [0.3, 0.4) is 0 Å². The van der Waals surface area contributed by atoms with E-state index in [0.717, 1.165) is 19.4 Å². The number of nitrogens with one attached hydrogen (secondary N) is 2. The van der Waals surface area contributed by atoms with Crippen LogP contribution in [0.15, 0.2) is 0 Å². The lowest BCUT2D eigenvalue weighted by Gasteiger charge is -2.33. The molecule has 0 radical (unpaired) electrons.